The van der Waals surface area contributed by atoms with Crippen LogP contribution in [0.2, 0.25) is 0 Å². The summed E-state index contributed by atoms with van der Waals surface area (Å²) in [6, 6.07) is 0. The third-order valence-corrected chi connectivity index (χ3v) is 4.81. The highest BCUT2D eigenvalue weighted by molar-refractivity contribution is 7.86. The molecule has 1 rings (SSSR count). The predicted octanol–water partition coefficient (Wildman–Crippen LogP) is 0.175. The van der Waals surface area contributed by atoms with Crippen LogP contribution in [0.1, 0.15) is 33.1 Å². The van der Waals surface area contributed by atoms with Crippen LogP contribution in [0.25, 0.3) is 0 Å². The Hall–Kier alpha value is -0.660. The Morgan fingerprint density at radius 1 is 1.28 bits per heavy atom. The molecule has 1 fully saturated rings. The normalized spacial score (nSPS) is 18.7. The fourth-order valence-corrected chi connectivity index (χ4v) is 3.77. The lowest BCUT2D eigenvalue weighted by atomic mass is 10.4. The summed E-state index contributed by atoms with van der Waals surface area (Å²) >= 11 is 0. The minimum Gasteiger partial charge on any atom is -0.355 e. The second-order valence-corrected chi connectivity index (χ2v) is 6.37. The third kappa shape index (κ3) is 3.93. The Morgan fingerprint density at radius 3 is 2.44 bits per heavy atom. The van der Waals surface area contributed by atoms with Gasteiger partial charge < -0.3 is 5.32 Å². The number of carbonyl (C=O) groups is 1. The van der Waals surface area contributed by atoms with Crippen LogP contribution in [0.5, 0.6) is 0 Å². The molecule has 0 saturated carbocycles. The van der Waals surface area contributed by atoms with Crippen LogP contribution in [0, 0.1) is 0 Å². The van der Waals surface area contributed by atoms with E-state index in [-0.39, 0.29) is 12.5 Å². The smallest absolute Gasteiger partial charge is 0.282 e. The van der Waals surface area contributed by atoms with E-state index in [4.69, 9.17) is 0 Å². The lowest BCUT2D eigenvalue weighted by molar-refractivity contribution is -0.120. The van der Waals surface area contributed by atoms with Gasteiger partial charge in [0.1, 0.15) is 0 Å². The summed E-state index contributed by atoms with van der Waals surface area (Å²) in [5.74, 6) is -0.218. The van der Waals surface area contributed by atoms with E-state index in [2.05, 4.69) is 5.32 Å². The summed E-state index contributed by atoms with van der Waals surface area (Å²) in [5, 5.41) is 2.69. The molecule has 1 saturated heterocycles. The van der Waals surface area contributed by atoms with Gasteiger partial charge in [0.15, 0.2) is 0 Å². The monoisotopic (exact) mass is 277 g/mol. The zero-order valence-electron chi connectivity index (χ0n) is 11.2. The zero-order chi connectivity index (χ0) is 13.6. The highest BCUT2D eigenvalue weighted by Gasteiger charge is 2.31. The molecule has 0 aliphatic carbocycles. The van der Waals surface area contributed by atoms with Crippen LogP contribution in [0.4, 0.5) is 0 Å². The molecular weight excluding hydrogens is 254 g/mol. The topological polar surface area (TPSA) is 69.7 Å². The molecule has 1 N–H and O–H groups in total. The zero-order valence-corrected chi connectivity index (χ0v) is 12.0. The molecule has 1 aliphatic rings. The number of hydrogen-bond donors (Lipinski definition) is 1. The maximum absolute atomic E-state index is 12.4. The van der Waals surface area contributed by atoms with Gasteiger partial charge in [-0.3, -0.25) is 4.79 Å². The van der Waals surface area contributed by atoms with Crippen LogP contribution in [-0.4, -0.2) is 55.7 Å². The van der Waals surface area contributed by atoms with Gasteiger partial charge in [-0.15, -0.1) is 0 Å². The van der Waals surface area contributed by atoms with Crippen molar-refractivity contribution in [2.75, 3.05) is 32.7 Å². The molecule has 0 unspecified atom stereocenters. The quantitative estimate of drug-likeness (QED) is 0.752. The van der Waals surface area contributed by atoms with E-state index < -0.39 is 10.2 Å². The average Bonchev–Trinajstić information content (AvgIpc) is 2.54. The van der Waals surface area contributed by atoms with Gasteiger partial charge in [-0.1, -0.05) is 13.8 Å². The molecule has 0 aromatic rings. The first-order valence-corrected chi connectivity index (χ1v) is 7.94. The molecule has 6 nitrogen and oxygen atoms in total. The Balaban J connectivity index is 2.83. The van der Waals surface area contributed by atoms with Gasteiger partial charge in [-0.05, 0) is 19.3 Å². The van der Waals surface area contributed by atoms with Crippen molar-refractivity contribution in [1.29, 1.82) is 0 Å². The molecule has 7 heteroatoms. The largest absolute Gasteiger partial charge is 0.355 e. The molecular formula is C11H23N3O3S. The molecule has 0 radical (unpaired) electrons. The van der Waals surface area contributed by atoms with Gasteiger partial charge in [0, 0.05) is 26.2 Å². The Kier molecular flexibility index (Phi) is 6.04. The van der Waals surface area contributed by atoms with E-state index in [1.54, 1.807) is 0 Å². The number of nitrogens with zero attached hydrogens (tertiary/aromatic N) is 2. The fraction of sp³-hybridized carbons (Fsp3) is 0.909. The van der Waals surface area contributed by atoms with Crippen LogP contribution < -0.4 is 5.32 Å². The molecule has 0 spiro atoms. The standard InChI is InChI=1S/C11H23N3O3S/c1-3-7-13(8-4-2)18(16,17)14-9-5-6-12-11(15)10-14/h3-10H2,1-2H3,(H,12,15). The maximum atomic E-state index is 12.4. The van der Waals surface area contributed by atoms with Gasteiger partial charge in [-0.2, -0.15) is 17.0 Å². The van der Waals surface area contributed by atoms with E-state index >= 15 is 0 Å². The van der Waals surface area contributed by atoms with E-state index in [0.717, 1.165) is 12.8 Å². The van der Waals surface area contributed by atoms with Gasteiger partial charge >= 0.3 is 0 Å². The summed E-state index contributed by atoms with van der Waals surface area (Å²) in [5.41, 5.74) is 0. The van der Waals surface area contributed by atoms with Gasteiger partial charge in [0.05, 0.1) is 6.54 Å². The van der Waals surface area contributed by atoms with E-state index in [1.165, 1.54) is 8.61 Å². The minimum absolute atomic E-state index is 0.0632. The first kappa shape index (κ1) is 15.4. The Morgan fingerprint density at radius 2 is 1.89 bits per heavy atom. The molecule has 0 aromatic carbocycles. The maximum Gasteiger partial charge on any atom is 0.282 e. The fourth-order valence-electron chi connectivity index (χ4n) is 1.98. The third-order valence-electron chi connectivity index (χ3n) is 2.83. The van der Waals surface area contributed by atoms with E-state index in [1.807, 2.05) is 13.8 Å². The molecule has 1 aliphatic heterocycles. The predicted molar refractivity (Wildman–Crippen MR) is 70.3 cm³/mol. The van der Waals surface area contributed by atoms with E-state index in [0.29, 0.717) is 32.6 Å². The van der Waals surface area contributed by atoms with Crippen molar-refractivity contribution >= 4 is 16.1 Å². The van der Waals surface area contributed by atoms with Crippen molar-refractivity contribution in [3.63, 3.8) is 0 Å². The van der Waals surface area contributed by atoms with Gasteiger partial charge in [0.25, 0.3) is 10.2 Å². The summed E-state index contributed by atoms with van der Waals surface area (Å²) < 4.78 is 27.6. The van der Waals surface area contributed by atoms with Crippen molar-refractivity contribution in [2.45, 2.75) is 33.1 Å². The summed E-state index contributed by atoms with van der Waals surface area (Å²) in [6.07, 6.45) is 2.22. The van der Waals surface area contributed by atoms with Crippen LogP contribution >= 0.6 is 0 Å². The summed E-state index contributed by atoms with van der Waals surface area (Å²) in [4.78, 5) is 11.4. The van der Waals surface area contributed by atoms with Crippen LogP contribution in [0.15, 0.2) is 0 Å². The van der Waals surface area contributed by atoms with Crippen molar-refractivity contribution in [3.8, 4) is 0 Å². The van der Waals surface area contributed by atoms with Crippen molar-refractivity contribution in [1.82, 2.24) is 13.9 Å². The Labute approximate surface area is 110 Å². The lowest BCUT2D eigenvalue weighted by Gasteiger charge is -2.28. The first-order valence-electron chi connectivity index (χ1n) is 6.54. The van der Waals surface area contributed by atoms with E-state index in [9.17, 15) is 13.2 Å². The number of hydrogen-bond acceptors (Lipinski definition) is 3. The first-order chi connectivity index (χ1) is 8.52. The highest BCUT2D eigenvalue weighted by atomic mass is 32.2. The van der Waals surface area contributed by atoms with Crippen LogP contribution in [-0.2, 0) is 15.0 Å². The second-order valence-electron chi connectivity index (χ2n) is 4.44. The summed E-state index contributed by atoms with van der Waals surface area (Å²) in [6.45, 7) is 5.81. The lowest BCUT2D eigenvalue weighted by Crippen LogP contribution is -2.46. The molecule has 1 heterocycles. The molecule has 18 heavy (non-hydrogen) atoms. The van der Waals surface area contributed by atoms with Crippen molar-refractivity contribution in [3.05, 3.63) is 0 Å². The Bertz CT molecular complexity index is 364. The molecule has 0 atom stereocenters. The van der Waals surface area contributed by atoms with Crippen LogP contribution in [0.3, 0.4) is 0 Å². The number of carbonyl (C=O) groups excluding carboxylic acids is 1. The molecule has 0 aromatic heterocycles. The molecule has 1 amide bonds. The van der Waals surface area contributed by atoms with Gasteiger partial charge in [-0.25, -0.2) is 0 Å². The second kappa shape index (κ2) is 7.06. The molecule has 0 bridgehead atoms. The van der Waals surface area contributed by atoms with Crippen molar-refractivity contribution in [2.24, 2.45) is 0 Å². The minimum atomic E-state index is -3.50. The van der Waals surface area contributed by atoms with Gasteiger partial charge in [0.2, 0.25) is 5.91 Å². The molecule has 106 valence electrons. The van der Waals surface area contributed by atoms with Crippen molar-refractivity contribution < 1.29 is 13.2 Å². The average molecular weight is 277 g/mol. The SMILES string of the molecule is CCCN(CCC)S(=O)(=O)N1CCCNC(=O)C1. The highest BCUT2D eigenvalue weighted by Crippen LogP contribution is 2.12. The number of nitrogens with one attached hydrogen (secondary N) is 1. The number of rotatable bonds is 6. The number of amides is 1. The summed E-state index contributed by atoms with van der Waals surface area (Å²) in [7, 11) is -3.50.